The van der Waals surface area contributed by atoms with E-state index in [2.05, 4.69) is 43.4 Å². The smallest absolute Gasteiger partial charge is 0.228 e. The molecule has 2 aliphatic heterocycles. The number of para-hydroxylation sites is 1. The van der Waals surface area contributed by atoms with Gasteiger partial charge in [-0.25, -0.2) is 0 Å². The Morgan fingerprint density at radius 1 is 1.12 bits per heavy atom. The number of rotatable bonds is 3. The van der Waals surface area contributed by atoms with Gasteiger partial charge in [-0.2, -0.15) is 0 Å². The predicted molar refractivity (Wildman–Crippen MR) is 127 cm³/mol. The van der Waals surface area contributed by atoms with Gasteiger partial charge in [-0.1, -0.05) is 37.3 Å². The van der Waals surface area contributed by atoms with Crippen LogP contribution in [0.2, 0.25) is 0 Å². The number of carbonyl (C=O) groups is 1. The molecular formula is C28H36N2O2. The fourth-order valence-electron chi connectivity index (χ4n) is 8.00. The lowest BCUT2D eigenvalue weighted by Crippen LogP contribution is -2.55. The minimum absolute atomic E-state index is 0.0336. The Kier molecular flexibility index (Phi) is 4.55. The predicted octanol–water partition coefficient (Wildman–Crippen LogP) is 5.33. The van der Waals surface area contributed by atoms with Crippen molar-refractivity contribution in [2.45, 2.75) is 75.5 Å². The number of fused-ring (bicyclic) bond motifs is 1. The maximum atomic E-state index is 13.4. The highest BCUT2D eigenvalue weighted by Gasteiger charge is 2.67. The molecule has 5 aliphatic rings. The van der Waals surface area contributed by atoms with Crippen molar-refractivity contribution in [2.24, 2.45) is 17.3 Å². The molecule has 2 spiro atoms. The highest BCUT2D eigenvalue weighted by Crippen LogP contribution is 2.67. The third-order valence-electron chi connectivity index (χ3n) is 9.74. The van der Waals surface area contributed by atoms with Crippen molar-refractivity contribution >= 4 is 11.6 Å². The Morgan fingerprint density at radius 2 is 1.94 bits per heavy atom. The highest BCUT2D eigenvalue weighted by molar-refractivity contribution is 5.93. The maximum Gasteiger partial charge on any atom is 0.228 e. The lowest BCUT2D eigenvalue weighted by Gasteiger charge is -2.54. The van der Waals surface area contributed by atoms with Crippen LogP contribution in [0.15, 0.2) is 53.6 Å². The summed E-state index contributed by atoms with van der Waals surface area (Å²) in [6.07, 6.45) is 13.7. The van der Waals surface area contributed by atoms with Crippen LogP contribution in [0.4, 0.5) is 5.69 Å². The largest absolute Gasteiger partial charge is 0.359 e. The van der Waals surface area contributed by atoms with E-state index in [9.17, 15) is 4.79 Å². The van der Waals surface area contributed by atoms with Crippen LogP contribution in [0.25, 0.3) is 0 Å². The Bertz CT molecular complexity index is 998. The molecule has 4 heteroatoms. The first-order valence-corrected chi connectivity index (χ1v) is 12.5. The summed E-state index contributed by atoms with van der Waals surface area (Å²) in [5.41, 5.74) is 3.55. The zero-order valence-electron chi connectivity index (χ0n) is 19.7. The molecule has 6 atom stereocenters. The van der Waals surface area contributed by atoms with Gasteiger partial charge in [-0.05, 0) is 100 Å². The van der Waals surface area contributed by atoms with Crippen LogP contribution in [0.3, 0.4) is 0 Å². The first kappa shape index (κ1) is 20.7. The molecule has 1 amide bonds. The van der Waals surface area contributed by atoms with Crippen molar-refractivity contribution in [1.82, 2.24) is 4.90 Å². The molecule has 1 saturated heterocycles. The van der Waals surface area contributed by atoms with Gasteiger partial charge in [0.25, 0.3) is 0 Å². The zero-order chi connectivity index (χ0) is 22.1. The molecule has 0 radical (unpaired) electrons. The van der Waals surface area contributed by atoms with Crippen LogP contribution >= 0.6 is 0 Å². The van der Waals surface area contributed by atoms with Gasteiger partial charge in [0.05, 0.1) is 11.2 Å². The number of ether oxygens (including phenoxy) is 1. The summed E-state index contributed by atoms with van der Waals surface area (Å²) in [5.74, 6) is 0.629. The van der Waals surface area contributed by atoms with Crippen LogP contribution in [0.5, 0.6) is 0 Å². The quantitative estimate of drug-likeness (QED) is 0.702. The van der Waals surface area contributed by atoms with Gasteiger partial charge in [-0.3, -0.25) is 4.79 Å². The molecule has 32 heavy (non-hydrogen) atoms. The molecule has 1 aromatic carbocycles. The number of amides is 1. The normalized spacial score (nSPS) is 41.9. The SMILES string of the molecule is CN(C)[C@@H]1CCC2=CC3=CC[C@]4(C)[C@@H](C(=O)Nc5ccccc5)CC[C@H]4[C@@]34CCC2(C1)O4. The number of hydrogen-bond donors (Lipinski definition) is 1. The molecule has 1 unspecified atom stereocenters. The second-order valence-corrected chi connectivity index (χ2v) is 11.4. The van der Waals surface area contributed by atoms with Gasteiger partial charge in [-0.15, -0.1) is 0 Å². The van der Waals surface area contributed by atoms with Crippen LogP contribution in [0.1, 0.15) is 58.3 Å². The van der Waals surface area contributed by atoms with Gasteiger partial charge < -0.3 is 15.0 Å². The molecule has 1 aromatic rings. The monoisotopic (exact) mass is 432 g/mol. The minimum Gasteiger partial charge on any atom is -0.359 e. The van der Waals surface area contributed by atoms with Crippen molar-refractivity contribution in [1.29, 1.82) is 0 Å². The lowest BCUT2D eigenvalue weighted by molar-refractivity contribution is -0.146. The third kappa shape index (κ3) is 2.78. The summed E-state index contributed by atoms with van der Waals surface area (Å²) < 4.78 is 7.29. The summed E-state index contributed by atoms with van der Waals surface area (Å²) in [7, 11) is 4.42. The van der Waals surface area contributed by atoms with Gasteiger partial charge in [0.1, 0.15) is 0 Å². The number of hydrogen-bond acceptors (Lipinski definition) is 3. The van der Waals surface area contributed by atoms with E-state index in [0.29, 0.717) is 12.0 Å². The maximum absolute atomic E-state index is 13.4. The van der Waals surface area contributed by atoms with E-state index in [1.165, 1.54) is 17.6 Å². The molecule has 3 fully saturated rings. The molecule has 2 bridgehead atoms. The van der Waals surface area contributed by atoms with Crippen LogP contribution < -0.4 is 5.32 Å². The molecule has 4 nitrogen and oxygen atoms in total. The Balaban J connectivity index is 1.31. The first-order chi connectivity index (χ1) is 15.4. The van der Waals surface area contributed by atoms with E-state index >= 15 is 0 Å². The number of carbonyl (C=O) groups excluding carboxylic acids is 1. The molecule has 170 valence electrons. The summed E-state index contributed by atoms with van der Waals surface area (Å²) in [6, 6.07) is 10.5. The van der Waals surface area contributed by atoms with Crippen LogP contribution in [0, 0.1) is 17.3 Å². The Labute approximate surface area is 192 Å². The molecule has 3 aliphatic carbocycles. The van der Waals surface area contributed by atoms with E-state index in [1.54, 1.807) is 0 Å². The van der Waals surface area contributed by atoms with E-state index in [-0.39, 0.29) is 28.4 Å². The number of allylic oxidation sites excluding steroid dienone is 1. The van der Waals surface area contributed by atoms with Crippen molar-refractivity contribution in [2.75, 3.05) is 19.4 Å². The van der Waals surface area contributed by atoms with E-state index in [0.717, 1.165) is 50.6 Å². The number of nitrogens with one attached hydrogen (secondary N) is 1. The molecule has 2 heterocycles. The molecule has 0 aromatic heterocycles. The third-order valence-corrected chi connectivity index (χ3v) is 9.74. The van der Waals surface area contributed by atoms with Crippen molar-refractivity contribution in [3.05, 3.63) is 53.6 Å². The van der Waals surface area contributed by atoms with E-state index in [1.807, 2.05) is 30.3 Å². The highest BCUT2D eigenvalue weighted by atomic mass is 16.5. The Hall–Kier alpha value is -1.91. The topological polar surface area (TPSA) is 41.6 Å². The molecular weight excluding hydrogens is 396 g/mol. The number of anilines is 1. The first-order valence-electron chi connectivity index (χ1n) is 12.5. The van der Waals surface area contributed by atoms with E-state index in [4.69, 9.17) is 4.74 Å². The fourth-order valence-corrected chi connectivity index (χ4v) is 8.00. The molecule has 1 N–H and O–H groups in total. The fraction of sp³-hybridized carbons (Fsp3) is 0.607. The number of nitrogens with zero attached hydrogens (tertiary/aromatic N) is 1. The van der Waals surface area contributed by atoms with Gasteiger partial charge >= 0.3 is 0 Å². The van der Waals surface area contributed by atoms with Gasteiger partial charge in [0.2, 0.25) is 5.91 Å². The second kappa shape index (κ2) is 7.04. The van der Waals surface area contributed by atoms with Gasteiger partial charge in [0.15, 0.2) is 0 Å². The summed E-state index contributed by atoms with van der Waals surface area (Å²) in [5, 5.41) is 3.20. The lowest BCUT2D eigenvalue weighted by atomic mass is 9.58. The van der Waals surface area contributed by atoms with Crippen LogP contribution in [-0.4, -0.2) is 42.1 Å². The van der Waals surface area contributed by atoms with Crippen LogP contribution in [-0.2, 0) is 9.53 Å². The molecule has 6 rings (SSSR count). The van der Waals surface area contributed by atoms with Crippen molar-refractivity contribution in [3.8, 4) is 0 Å². The second-order valence-electron chi connectivity index (χ2n) is 11.4. The van der Waals surface area contributed by atoms with Crippen molar-refractivity contribution in [3.63, 3.8) is 0 Å². The summed E-state index contributed by atoms with van der Waals surface area (Å²) >= 11 is 0. The average Bonchev–Trinajstić information content (AvgIpc) is 3.29. The standard InChI is InChI=1S/C28H36N2O2/c1-26-14-13-20-17-19-9-10-22(30(2)3)18-27(19)15-16-28(20,32-27)24(26)12-11-23(26)25(31)29-21-7-5-4-6-8-21/h4-8,13,17,22-24H,9-12,14-16,18H2,1-3H3,(H,29,31)/t22-,23-,24-,26-,27?,28-/m1/s1. The Morgan fingerprint density at radius 3 is 2.72 bits per heavy atom. The number of benzene rings is 1. The van der Waals surface area contributed by atoms with Crippen molar-refractivity contribution < 1.29 is 9.53 Å². The van der Waals surface area contributed by atoms with Gasteiger partial charge in [0, 0.05) is 17.6 Å². The summed E-state index contributed by atoms with van der Waals surface area (Å²) in [4.78, 5) is 15.8. The average molecular weight is 433 g/mol. The molecule has 2 saturated carbocycles. The minimum atomic E-state index is -0.188. The van der Waals surface area contributed by atoms with E-state index < -0.39 is 0 Å². The zero-order valence-corrected chi connectivity index (χ0v) is 19.7. The summed E-state index contributed by atoms with van der Waals surface area (Å²) in [6.45, 7) is 2.36.